The predicted molar refractivity (Wildman–Crippen MR) is 104 cm³/mol. The molecular formula is C25H31P. The van der Waals surface area contributed by atoms with Gasteiger partial charge in [0.2, 0.25) is 0 Å². The number of hydrogen-bond acceptors (Lipinski definition) is 0. The molecule has 26 heavy (non-hydrogen) atoms. The molecule has 9 fully saturated rings. The summed E-state index contributed by atoms with van der Waals surface area (Å²) in [6, 6.07) is 0. The second-order valence-corrected chi connectivity index (χ2v) is 13.3. The minimum atomic E-state index is 1.06. The van der Waals surface area contributed by atoms with Crippen LogP contribution in [-0.4, -0.2) is 6.16 Å². The second-order valence-electron chi connectivity index (χ2n) is 12.8. The van der Waals surface area contributed by atoms with Crippen molar-refractivity contribution in [3.8, 4) is 0 Å². The Morgan fingerprint density at radius 3 is 1.77 bits per heavy atom. The zero-order valence-corrected chi connectivity index (χ0v) is 16.7. The molecule has 0 nitrogen and oxygen atoms in total. The van der Waals surface area contributed by atoms with E-state index in [4.69, 9.17) is 0 Å². The van der Waals surface area contributed by atoms with Crippen LogP contribution in [0.15, 0.2) is 12.2 Å². The van der Waals surface area contributed by atoms with Crippen LogP contribution in [0.25, 0.3) is 0 Å². The van der Waals surface area contributed by atoms with E-state index in [0.717, 1.165) is 17.8 Å². The Balaban J connectivity index is 0.957. The molecule has 0 aromatic carbocycles. The summed E-state index contributed by atoms with van der Waals surface area (Å²) in [6.07, 6.45) is 11.3. The van der Waals surface area contributed by atoms with Crippen LogP contribution in [-0.2, 0) is 0 Å². The van der Waals surface area contributed by atoms with E-state index in [9.17, 15) is 0 Å². The molecule has 10 aliphatic carbocycles. The lowest BCUT2D eigenvalue weighted by atomic mass is 9.09. The van der Waals surface area contributed by atoms with Crippen LogP contribution in [0.4, 0.5) is 0 Å². The van der Waals surface area contributed by atoms with E-state index >= 15 is 0 Å². The van der Waals surface area contributed by atoms with E-state index < -0.39 is 0 Å². The van der Waals surface area contributed by atoms with Crippen LogP contribution in [0.2, 0.25) is 0 Å². The molecule has 0 spiro atoms. The van der Waals surface area contributed by atoms with E-state index in [0.29, 0.717) is 0 Å². The molecule has 1 heteroatoms. The van der Waals surface area contributed by atoms with Gasteiger partial charge in [0, 0.05) is 0 Å². The van der Waals surface area contributed by atoms with Gasteiger partial charge < -0.3 is 0 Å². The maximum absolute atomic E-state index is 3.10. The molecule has 20 atom stereocenters. The lowest BCUT2D eigenvalue weighted by Crippen LogP contribution is -2.92. The summed E-state index contributed by atoms with van der Waals surface area (Å²) in [6.45, 7) is 0. The molecule has 136 valence electrons. The van der Waals surface area contributed by atoms with Crippen LogP contribution < -0.4 is 0 Å². The molecule has 0 saturated heterocycles. The molecule has 10 aliphatic rings. The Morgan fingerprint density at radius 2 is 1.12 bits per heavy atom. The molecule has 0 aliphatic heterocycles. The van der Waals surface area contributed by atoms with Crippen molar-refractivity contribution < 1.29 is 0 Å². The van der Waals surface area contributed by atoms with Gasteiger partial charge in [0.25, 0.3) is 0 Å². The van der Waals surface area contributed by atoms with Crippen molar-refractivity contribution in [2.24, 2.45) is 112 Å². The lowest BCUT2D eigenvalue weighted by Gasteiger charge is -2.95. The first-order valence-corrected chi connectivity index (χ1v) is 13.1. The molecular weight excluding hydrogens is 331 g/mol. The highest BCUT2D eigenvalue weighted by atomic mass is 31.0. The Morgan fingerprint density at radius 1 is 0.577 bits per heavy atom. The predicted octanol–water partition coefficient (Wildman–Crippen LogP) is 4.43. The van der Waals surface area contributed by atoms with Gasteiger partial charge in [-0.2, -0.15) is 0 Å². The smallest absolute Gasteiger partial charge is 0.0165 e. The normalized spacial score (nSPS) is 83.5. The van der Waals surface area contributed by atoms with Crippen LogP contribution in [0.5, 0.6) is 0 Å². The molecule has 9 saturated carbocycles. The van der Waals surface area contributed by atoms with Crippen LogP contribution in [0.3, 0.4) is 0 Å². The topological polar surface area (TPSA) is 0 Å². The second kappa shape index (κ2) is 3.68. The summed E-state index contributed by atoms with van der Waals surface area (Å²) in [5.74, 6) is 23.3. The molecule has 0 radical (unpaired) electrons. The van der Waals surface area contributed by atoms with Gasteiger partial charge in [-0.05, 0) is 138 Å². The summed E-state index contributed by atoms with van der Waals surface area (Å²) < 4.78 is 0. The summed E-state index contributed by atoms with van der Waals surface area (Å²) in [7, 11) is 3.10. The molecule has 0 amide bonds. The van der Waals surface area contributed by atoms with Crippen LogP contribution in [0.1, 0.15) is 19.3 Å². The van der Waals surface area contributed by atoms with Gasteiger partial charge >= 0.3 is 0 Å². The highest BCUT2D eigenvalue weighted by molar-refractivity contribution is 7.16. The number of allylic oxidation sites excluding steroid dienone is 2. The molecule has 0 aromatic heterocycles. The van der Waals surface area contributed by atoms with Crippen molar-refractivity contribution >= 4 is 9.24 Å². The summed E-state index contributed by atoms with van der Waals surface area (Å²) in [5, 5.41) is 0. The standard InChI is InChI=1S/C25H31P/c26-6-7-4-5-10-11(7)15-14(10)18-19(15)23-22(18)24-20-16-12-8-2-1-3-9(8)13(12)17(16)21(20)25(23)24/h1-2,7-25H,3-6,26H2/t7-,8?,9?,10?,11?,12?,13?,14?,15?,16?,17?,18?,19?,20?,21?,22?,23?,24?,25?/m1/s1. The van der Waals surface area contributed by atoms with Gasteiger partial charge in [-0.25, -0.2) is 0 Å². The third kappa shape index (κ3) is 0.945. The van der Waals surface area contributed by atoms with Gasteiger partial charge in [-0.1, -0.05) is 12.2 Å². The lowest BCUT2D eigenvalue weighted by molar-refractivity contribution is -0.483. The first-order chi connectivity index (χ1) is 12.9. The van der Waals surface area contributed by atoms with Crippen LogP contribution in [0, 0.1) is 112 Å². The SMILES string of the molecule is PC[C@H]1CCC2C3C4C5C6C7C8C9C%10C=CCC%10C9C8C7C6C5C4C3C21. The molecule has 0 heterocycles. The van der Waals surface area contributed by atoms with Crippen molar-refractivity contribution in [3.63, 3.8) is 0 Å². The van der Waals surface area contributed by atoms with Crippen molar-refractivity contribution in [2.75, 3.05) is 6.16 Å². The Labute approximate surface area is 159 Å². The van der Waals surface area contributed by atoms with Crippen LogP contribution >= 0.6 is 9.24 Å². The van der Waals surface area contributed by atoms with Crippen molar-refractivity contribution in [3.05, 3.63) is 12.2 Å². The molecule has 0 bridgehead atoms. The highest BCUT2D eigenvalue weighted by Gasteiger charge is 2.91. The Kier molecular flexibility index (Phi) is 1.90. The summed E-state index contributed by atoms with van der Waals surface area (Å²) >= 11 is 0. The Bertz CT molecular complexity index is 800. The van der Waals surface area contributed by atoms with Gasteiger partial charge in [0.1, 0.15) is 0 Å². The average molecular weight is 362 g/mol. The monoisotopic (exact) mass is 362 g/mol. The van der Waals surface area contributed by atoms with E-state index in [1.165, 1.54) is 107 Å². The Hall–Kier alpha value is 0.170. The number of fused-ring (bicyclic) bond motifs is 25. The fourth-order valence-corrected chi connectivity index (χ4v) is 14.3. The maximum Gasteiger partial charge on any atom is -0.0165 e. The zero-order valence-electron chi connectivity index (χ0n) is 15.5. The number of rotatable bonds is 1. The minimum absolute atomic E-state index is 1.06. The zero-order chi connectivity index (χ0) is 16.2. The van der Waals surface area contributed by atoms with Crippen molar-refractivity contribution in [2.45, 2.75) is 19.3 Å². The molecule has 19 unspecified atom stereocenters. The molecule has 10 rings (SSSR count). The largest absolute Gasteiger partial charge is 0.137 e. The van der Waals surface area contributed by atoms with E-state index in [-0.39, 0.29) is 0 Å². The number of hydrogen-bond donors (Lipinski definition) is 0. The summed E-state index contributed by atoms with van der Waals surface area (Å²) in [5.41, 5.74) is 0. The fourth-order valence-electron chi connectivity index (χ4n) is 13.7. The first kappa shape index (κ1) is 13.4. The van der Waals surface area contributed by atoms with Gasteiger partial charge in [0.05, 0.1) is 0 Å². The third-order valence-electron chi connectivity index (χ3n) is 13.8. The van der Waals surface area contributed by atoms with Gasteiger partial charge in [-0.15, -0.1) is 9.24 Å². The van der Waals surface area contributed by atoms with E-state index in [1.54, 1.807) is 12.8 Å². The van der Waals surface area contributed by atoms with Crippen molar-refractivity contribution in [1.29, 1.82) is 0 Å². The van der Waals surface area contributed by atoms with Gasteiger partial charge in [-0.3, -0.25) is 0 Å². The average Bonchev–Trinajstić information content (AvgIpc) is 3.16. The maximum atomic E-state index is 3.10. The quantitative estimate of drug-likeness (QED) is 0.368. The highest BCUT2D eigenvalue weighted by Crippen LogP contribution is 2.95. The molecule has 0 N–H and O–H groups in total. The first-order valence-electron chi connectivity index (χ1n) is 12.3. The third-order valence-corrected chi connectivity index (χ3v) is 14.4. The fraction of sp³-hybridized carbons (Fsp3) is 0.920. The van der Waals surface area contributed by atoms with Gasteiger partial charge in [0.15, 0.2) is 0 Å². The molecule has 0 aromatic rings. The van der Waals surface area contributed by atoms with E-state index in [1.807, 2.05) is 0 Å². The minimum Gasteiger partial charge on any atom is -0.137 e. The van der Waals surface area contributed by atoms with E-state index in [2.05, 4.69) is 21.4 Å². The van der Waals surface area contributed by atoms with Crippen molar-refractivity contribution in [1.82, 2.24) is 0 Å². The summed E-state index contributed by atoms with van der Waals surface area (Å²) in [4.78, 5) is 0.